The third-order valence-corrected chi connectivity index (χ3v) is 2.49. The Morgan fingerprint density at radius 2 is 1.79 bits per heavy atom. The molecule has 0 bridgehead atoms. The lowest BCUT2D eigenvalue weighted by atomic mass is 10.0. The molecule has 0 heterocycles. The van der Waals surface area contributed by atoms with Crippen molar-refractivity contribution >= 4 is 12.6 Å². The van der Waals surface area contributed by atoms with Crippen LogP contribution in [0.3, 0.4) is 0 Å². The maximum absolute atomic E-state index is 13.4. The van der Waals surface area contributed by atoms with E-state index in [9.17, 15) is 8.78 Å². The molecule has 78 valence electrons. The zero-order chi connectivity index (χ0) is 10.6. The lowest BCUT2D eigenvalue weighted by Crippen LogP contribution is -2.12. The lowest BCUT2D eigenvalue weighted by molar-refractivity contribution is -0.0140. The van der Waals surface area contributed by atoms with Crippen LogP contribution in [0.2, 0.25) is 0 Å². The normalized spacial score (nSPS) is 11.7. The molecule has 3 heteroatoms. The molecule has 1 aromatic carbocycles. The van der Waals surface area contributed by atoms with E-state index < -0.39 is 5.92 Å². The number of thiol groups is 1. The molecule has 0 aliphatic rings. The Morgan fingerprint density at radius 3 is 2.21 bits per heavy atom. The first-order valence-electron chi connectivity index (χ1n) is 4.68. The molecule has 0 atom stereocenters. The quantitative estimate of drug-likeness (QED) is 0.722. The predicted octanol–water partition coefficient (Wildman–Crippen LogP) is 4.01. The second kappa shape index (κ2) is 4.78. The van der Waals surface area contributed by atoms with Gasteiger partial charge in [-0.05, 0) is 5.56 Å². The predicted molar refractivity (Wildman–Crippen MR) is 57.9 cm³/mol. The molecule has 1 aromatic rings. The van der Waals surface area contributed by atoms with Gasteiger partial charge in [-0.3, -0.25) is 0 Å². The monoisotopic (exact) mass is 216 g/mol. The average molecular weight is 216 g/mol. The van der Waals surface area contributed by atoms with Gasteiger partial charge in [-0.15, -0.1) is 0 Å². The van der Waals surface area contributed by atoms with Crippen LogP contribution in [0.15, 0.2) is 24.3 Å². The largest absolute Gasteiger partial charge is 0.273 e. The van der Waals surface area contributed by atoms with Gasteiger partial charge in [0.25, 0.3) is 5.92 Å². The van der Waals surface area contributed by atoms with Gasteiger partial charge >= 0.3 is 0 Å². The van der Waals surface area contributed by atoms with E-state index in [0.29, 0.717) is 12.2 Å². The Kier molecular flexibility index (Phi) is 3.93. The number of rotatable bonds is 4. The molecule has 0 fully saturated rings. The summed E-state index contributed by atoms with van der Waals surface area (Å²) in [5, 5.41) is 0. The minimum absolute atomic E-state index is 0.0901. The molecule has 0 unspecified atom stereocenters. The van der Waals surface area contributed by atoms with Crippen molar-refractivity contribution in [3.8, 4) is 0 Å². The molecule has 0 aliphatic carbocycles. The highest BCUT2D eigenvalue weighted by atomic mass is 32.1. The first-order valence-corrected chi connectivity index (χ1v) is 5.31. The smallest absolute Gasteiger partial charge is 0.201 e. The molecular formula is C11H14F2S. The summed E-state index contributed by atoms with van der Waals surface area (Å²) >= 11 is 4.07. The molecule has 0 aromatic heterocycles. The van der Waals surface area contributed by atoms with Crippen molar-refractivity contribution in [2.24, 2.45) is 0 Å². The van der Waals surface area contributed by atoms with Crippen LogP contribution >= 0.6 is 12.6 Å². The van der Waals surface area contributed by atoms with Gasteiger partial charge < -0.3 is 0 Å². The fourth-order valence-corrected chi connectivity index (χ4v) is 1.52. The second-order valence-corrected chi connectivity index (χ2v) is 3.63. The van der Waals surface area contributed by atoms with Crippen LogP contribution in [0.4, 0.5) is 8.78 Å². The van der Waals surface area contributed by atoms with Crippen LogP contribution in [0.25, 0.3) is 0 Å². The van der Waals surface area contributed by atoms with Crippen molar-refractivity contribution in [1.82, 2.24) is 0 Å². The maximum Gasteiger partial charge on any atom is 0.273 e. The molecule has 0 spiro atoms. The van der Waals surface area contributed by atoms with Crippen molar-refractivity contribution in [1.29, 1.82) is 0 Å². The fraction of sp³-hybridized carbons (Fsp3) is 0.455. The van der Waals surface area contributed by atoms with Gasteiger partial charge in [-0.1, -0.05) is 37.6 Å². The van der Waals surface area contributed by atoms with Crippen LogP contribution in [-0.2, 0) is 11.7 Å². The van der Waals surface area contributed by atoms with Crippen molar-refractivity contribution in [2.45, 2.75) is 31.4 Å². The van der Waals surface area contributed by atoms with Gasteiger partial charge in [0.05, 0.1) is 0 Å². The summed E-state index contributed by atoms with van der Waals surface area (Å²) in [5.74, 6) is -2.11. The molecule has 0 N–H and O–H groups in total. The van der Waals surface area contributed by atoms with Crippen LogP contribution in [0, 0.1) is 0 Å². The zero-order valence-electron chi connectivity index (χ0n) is 8.13. The van der Waals surface area contributed by atoms with Crippen molar-refractivity contribution in [3.05, 3.63) is 35.4 Å². The van der Waals surface area contributed by atoms with Crippen LogP contribution in [0.5, 0.6) is 0 Å². The van der Waals surface area contributed by atoms with E-state index in [-0.39, 0.29) is 12.0 Å². The number of alkyl halides is 2. The number of hydrogen-bond donors (Lipinski definition) is 1. The minimum Gasteiger partial charge on any atom is -0.201 e. The molecule has 0 aliphatic heterocycles. The van der Waals surface area contributed by atoms with Gasteiger partial charge in [0, 0.05) is 17.7 Å². The van der Waals surface area contributed by atoms with Gasteiger partial charge in [0.15, 0.2) is 0 Å². The lowest BCUT2D eigenvalue weighted by Gasteiger charge is -2.15. The molecule has 0 saturated carbocycles. The van der Waals surface area contributed by atoms with Gasteiger partial charge in [0.1, 0.15) is 0 Å². The second-order valence-electron chi connectivity index (χ2n) is 3.31. The third-order valence-electron chi connectivity index (χ3n) is 2.12. The standard InChI is InChI=1S/C11H14F2S/c1-2-7-11(12,13)10-5-3-9(8-14)4-6-10/h3-6,14H,2,7-8H2,1H3. The van der Waals surface area contributed by atoms with Gasteiger partial charge in [0.2, 0.25) is 0 Å². The van der Waals surface area contributed by atoms with Crippen LogP contribution in [-0.4, -0.2) is 0 Å². The van der Waals surface area contributed by atoms with Crippen LogP contribution in [0.1, 0.15) is 30.9 Å². The van der Waals surface area contributed by atoms with E-state index in [1.807, 2.05) is 0 Å². The van der Waals surface area contributed by atoms with Crippen molar-refractivity contribution in [3.63, 3.8) is 0 Å². The fourth-order valence-electron chi connectivity index (χ4n) is 1.31. The minimum atomic E-state index is -2.69. The van der Waals surface area contributed by atoms with E-state index in [4.69, 9.17) is 0 Å². The van der Waals surface area contributed by atoms with Crippen LogP contribution < -0.4 is 0 Å². The summed E-state index contributed by atoms with van der Waals surface area (Å²) in [6.45, 7) is 1.76. The Labute approximate surface area is 88.7 Å². The molecule has 0 nitrogen and oxygen atoms in total. The number of benzene rings is 1. The molecule has 0 saturated heterocycles. The molecular weight excluding hydrogens is 202 g/mol. The zero-order valence-corrected chi connectivity index (χ0v) is 9.03. The van der Waals surface area contributed by atoms with E-state index >= 15 is 0 Å². The SMILES string of the molecule is CCCC(F)(F)c1ccc(CS)cc1. The third kappa shape index (κ3) is 2.71. The van der Waals surface area contributed by atoms with Gasteiger partial charge in [-0.2, -0.15) is 12.6 Å². The number of hydrogen-bond acceptors (Lipinski definition) is 1. The Bertz CT molecular complexity index is 280. The highest BCUT2D eigenvalue weighted by Gasteiger charge is 2.29. The average Bonchev–Trinajstić information content (AvgIpc) is 2.18. The van der Waals surface area contributed by atoms with E-state index in [2.05, 4.69) is 12.6 Å². The summed E-state index contributed by atoms with van der Waals surface area (Å²) in [5.41, 5.74) is 1.06. The number of halogens is 2. The topological polar surface area (TPSA) is 0 Å². The summed E-state index contributed by atoms with van der Waals surface area (Å²) < 4.78 is 26.7. The van der Waals surface area contributed by atoms with E-state index in [1.165, 1.54) is 12.1 Å². The van der Waals surface area contributed by atoms with E-state index in [1.54, 1.807) is 19.1 Å². The van der Waals surface area contributed by atoms with Crippen molar-refractivity contribution in [2.75, 3.05) is 0 Å². The Balaban J connectivity index is 2.85. The highest BCUT2D eigenvalue weighted by Crippen LogP contribution is 2.32. The highest BCUT2D eigenvalue weighted by molar-refractivity contribution is 7.79. The van der Waals surface area contributed by atoms with Gasteiger partial charge in [-0.25, -0.2) is 8.78 Å². The maximum atomic E-state index is 13.4. The summed E-state index contributed by atoms with van der Waals surface area (Å²) in [6, 6.07) is 6.38. The summed E-state index contributed by atoms with van der Waals surface area (Å²) in [6.07, 6.45) is 0.397. The summed E-state index contributed by atoms with van der Waals surface area (Å²) in [4.78, 5) is 0. The summed E-state index contributed by atoms with van der Waals surface area (Å²) in [7, 11) is 0. The first-order chi connectivity index (χ1) is 6.60. The van der Waals surface area contributed by atoms with E-state index in [0.717, 1.165) is 5.56 Å². The molecule has 1 rings (SSSR count). The molecule has 14 heavy (non-hydrogen) atoms. The van der Waals surface area contributed by atoms with Crippen molar-refractivity contribution < 1.29 is 8.78 Å². The molecule has 0 radical (unpaired) electrons. The molecule has 0 amide bonds. The Hall–Kier alpha value is -0.570. The Morgan fingerprint density at radius 1 is 1.21 bits per heavy atom. The first kappa shape index (κ1) is 11.5.